The van der Waals surface area contributed by atoms with Crippen LogP contribution >= 0.6 is 0 Å². The van der Waals surface area contributed by atoms with E-state index in [1.54, 1.807) is 7.11 Å². The summed E-state index contributed by atoms with van der Waals surface area (Å²) < 4.78 is 5.27. The van der Waals surface area contributed by atoms with Crippen LogP contribution in [-0.2, 0) is 6.42 Å². The van der Waals surface area contributed by atoms with Gasteiger partial charge in [-0.05, 0) is 40.7 Å². The Labute approximate surface area is 116 Å². The smallest absolute Gasteiger partial charge is 0.119 e. The minimum atomic E-state index is 0.331. The Bertz CT molecular complexity index is 532. The highest BCUT2D eigenvalue weighted by Gasteiger charge is 2.11. The third-order valence-electron chi connectivity index (χ3n) is 3.09. The number of methoxy groups -OCH3 is 1. The third-order valence-corrected chi connectivity index (χ3v) is 3.09. The summed E-state index contributed by atoms with van der Waals surface area (Å²) >= 11 is 0. The van der Waals surface area contributed by atoms with E-state index in [1.807, 2.05) is 12.1 Å². The van der Waals surface area contributed by atoms with Crippen LogP contribution in [0.4, 0.5) is 0 Å². The standard InChI is InChI=1S/C18H22O/c1-18(2,3)13-14-8-10-15(11-9-14)16-6-5-7-17(12-16)19-4/h5-12H,13H2,1-4H3. The lowest BCUT2D eigenvalue weighted by Crippen LogP contribution is -2.08. The van der Waals surface area contributed by atoms with Gasteiger partial charge in [0, 0.05) is 0 Å². The first-order valence-electron chi connectivity index (χ1n) is 6.71. The molecule has 0 aliphatic heterocycles. The Morgan fingerprint density at radius 2 is 1.58 bits per heavy atom. The molecule has 0 fully saturated rings. The molecule has 1 nitrogen and oxygen atoms in total. The van der Waals surface area contributed by atoms with Gasteiger partial charge in [0.05, 0.1) is 7.11 Å². The monoisotopic (exact) mass is 254 g/mol. The highest BCUT2D eigenvalue weighted by atomic mass is 16.5. The van der Waals surface area contributed by atoms with E-state index in [0.717, 1.165) is 12.2 Å². The fourth-order valence-electron chi connectivity index (χ4n) is 2.23. The SMILES string of the molecule is COc1cccc(-c2ccc(CC(C)(C)C)cc2)c1. The first-order chi connectivity index (χ1) is 8.98. The van der Waals surface area contributed by atoms with Crippen molar-refractivity contribution in [3.05, 3.63) is 54.1 Å². The van der Waals surface area contributed by atoms with Gasteiger partial charge in [0.25, 0.3) is 0 Å². The second kappa shape index (κ2) is 5.48. The Kier molecular flexibility index (Phi) is 3.94. The van der Waals surface area contributed by atoms with Crippen LogP contribution in [0.15, 0.2) is 48.5 Å². The van der Waals surface area contributed by atoms with Crippen molar-refractivity contribution < 1.29 is 4.74 Å². The molecule has 0 atom stereocenters. The molecule has 1 heteroatoms. The van der Waals surface area contributed by atoms with Crippen LogP contribution in [0.5, 0.6) is 5.75 Å². The fraction of sp³-hybridized carbons (Fsp3) is 0.333. The summed E-state index contributed by atoms with van der Waals surface area (Å²) in [7, 11) is 1.70. The summed E-state index contributed by atoms with van der Waals surface area (Å²) in [6.07, 6.45) is 1.10. The van der Waals surface area contributed by atoms with Gasteiger partial charge in [-0.3, -0.25) is 0 Å². The molecule has 2 aromatic carbocycles. The van der Waals surface area contributed by atoms with E-state index in [0.29, 0.717) is 5.41 Å². The van der Waals surface area contributed by atoms with Gasteiger partial charge in [-0.25, -0.2) is 0 Å². The van der Waals surface area contributed by atoms with Gasteiger partial charge in [-0.2, -0.15) is 0 Å². The second-order valence-corrected chi connectivity index (χ2v) is 6.17. The quantitative estimate of drug-likeness (QED) is 0.753. The lowest BCUT2D eigenvalue weighted by Gasteiger charge is -2.18. The number of ether oxygens (including phenoxy) is 1. The molecular formula is C18H22O. The van der Waals surface area contributed by atoms with Crippen molar-refractivity contribution in [3.8, 4) is 16.9 Å². The average molecular weight is 254 g/mol. The maximum Gasteiger partial charge on any atom is 0.119 e. The van der Waals surface area contributed by atoms with Crippen LogP contribution in [0, 0.1) is 5.41 Å². The summed E-state index contributed by atoms with van der Waals surface area (Å²) in [4.78, 5) is 0. The van der Waals surface area contributed by atoms with Crippen molar-refractivity contribution in [1.82, 2.24) is 0 Å². The maximum atomic E-state index is 5.27. The largest absolute Gasteiger partial charge is 0.497 e. The summed E-state index contributed by atoms with van der Waals surface area (Å²) in [6.45, 7) is 6.80. The van der Waals surface area contributed by atoms with Gasteiger partial charge >= 0.3 is 0 Å². The van der Waals surface area contributed by atoms with Crippen molar-refractivity contribution in [2.45, 2.75) is 27.2 Å². The second-order valence-electron chi connectivity index (χ2n) is 6.17. The van der Waals surface area contributed by atoms with Crippen molar-refractivity contribution in [2.75, 3.05) is 7.11 Å². The van der Waals surface area contributed by atoms with Crippen molar-refractivity contribution >= 4 is 0 Å². The van der Waals surface area contributed by atoms with Gasteiger partial charge < -0.3 is 4.74 Å². The lowest BCUT2D eigenvalue weighted by molar-refractivity contribution is 0.411. The van der Waals surface area contributed by atoms with Gasteiger partial charge in [0.15, 0.2) is 0 Å². The zero-order valence-corrected chi connectivity index (χ0v) is 12.2. The maximum absolute atomic E-state index is 5.27. The van der Waals surface area contributed by atoms with Crippen molar-refractivity contribution in [2.24, 2.45) is 5.41 Å². The van der Waals surface area contributed by atoms with E-state index in [2.05, 4.69) is 57.2 Å². The molecule has 19 heavy (non-hydrogen) atoms. The molecular weight excluding hydrogens is 232 g/mol. The molecule has 0 heterocycles. The van der Waals surface area contributed by atoms with Crippen LogP contribution in [0.2, 0.25) is 0 Å². The van der Waals surface area contributed by atoms with E-state index < -0.39 is 0 Å². The number of hydrogen-bond acceptors (Lipinski definition) is 1. The zero-order chi connectivity index (χ0) is 13.9. The van der Waals surface area contributed by atoms with Gasteiger partial charge in [0.2, 0.25) is 0 Å². The molecule has 0 aliphatic rings. The van der Waals surface area contributed by atoms with E-state index >= 15 is 0 Å². The minimum absolute atomic E-state index is 0.331. The summed E-state index contributed by atoms with van der Waals surface area (Å²) in [6, 6.07) is 17.0. The summed E-state index contributed by atoms with van der Waals surface area (Å²) in [5.74, 6) is 0.899. The first-order valence-corrected chi connectivity index (χ1v) is 6.71. The molecule has 0 spiro atoms. The molecule has 0 unspecified atom stereocenters. The van der Waals surface area contributed by atoms with E-state index in [4.69, 9.17) is 4.74 Å². The third kappa shape index (κ3) is 3.85. The topological polar surface area (TPSA) is 9.23 Å². The molecule has 0 saturated heterocycles. The van der Waals surface area contributed by atoms with Crippen LogP contribution < -0.4 is 4.74 Å². The van der Waals surface area contributed by atoms with Crippen molar-refractivity contribution in [3.63, 3.8) is 0 Å². The highest BCUT2D eigenvalue weighted by molar-refractivity contribution is 5.65. The van der Waals surface area contributed by atoms with E-state index in [1.165, 1.54) is 16.7 Å². The molecule has 0 saturated carbocycles. The van der Waals surface area contributed by atoms with Gasteiger partial charge in [0.1, 0.15) is 5.75 Å². The molecule has 0 amide bonds. The molecule has 0 radical (unpaired) electrons. The Hall–Kier alpha value is -1.76. The summed E-state index contributed by atoms with van der Waals surface area (Å²) in [5, 5.41) is 0. The Balaban J connectivity index is 2.22. The van der Waals surface area contributed by atoms with Crippen LogP contribution in [0.1, 0.15) is 26.3 Å². The summed E-state index contributed by atoms with van der Waals surface area (Å²) in [5.41, 5.74) is 4.15. The highest BCUT2D eigenvalue weighted by Crippen LogP contribution is 2.26. The van der Waals surface area contributed by atoms with Gasteiger partial charge in [-0.1, -0.05) is 57.2 Å². The van der Waals surface area contributed by atoms with Crippen molar-refractivity contribution in [1.29, 1.82) is 0 Å². The zero-order valence-electron chi connectivity index (χ0n) is 12.2. The molecule has 0 aliphatic carbocycles. The van der Waals surface area contributed by atoms with Gasteiger partial charge in [-0.15, -0.1) is 0 Å². The molecule has 0 bridgehead atoms. The first kappa shape index (κ1) is 13.7. The number of benzene rings is 2. The fourth-order valence-corrected chi connectivity index (χ4v) is 2.23. The van der Waals surface area contributed by atoms with Crippen LogP contribution in [0.25, 0.3) is 11.1 Å². The Morgan fingerprint density at radius 3 is 2.16 bits per heavy atom. The molecule has 0 N–H and O–H groups in total. The normalized spacial score (nSPS) is 11.4. The lowest BCUT2D eigenvalue weighted by atomic mass is 9.87. The Morgan fingerprint density at radius 1 is 0.895 bits per heavy atom. The van der Waals surface area contributed by atoms with E-state index in [-0.39, 0.29) is 0 Å². The van der Waals surface area contributed by atoms with Crippen LogP contribution in [0.3, 0.4) is 0 Å². The number of hydrogen-bond donors (Lipinski definition) is 0. The average Bonchev–Trinajstić information content (AvgIpc) is 2.38. The molecule has 100 valence electrons. The predicted molar refractivity (Wildman–Crippen MR) is 81.6 cm³/mol. The molecule has 0 aromatic heterocycles. The van der Waals surface area contributed by atoms with E-state index in [9.17, 15) is 0 Å². The predicted octanol–water partition coefficient (Wildman–Crippen LogP) is 4.95. The van der Waals surface area contributed by atoms with Crippen LogP contribution in [-0.4, -0.2) is 7.11 Å². The molecule has 2 aromatic rings. The molecule has 2 rings (SSSR count). The number of rotatable bonds is 3. The minimum Gasteiger partial charge on any atom is -0.497 e.